The van der Waals surface area contributed by atoms with Gasteiger partial charge in [-0.1, -0.05) is 0 Å². The number of hydrogen-bond acceptors (Lipinski definition) is 9. The van der Waals surface area contributed by atoms with Crippen molar-refractivity contribution in [2.24, 2.45) is 11.8 Å². The number of rotatable bonds is 5. The van der Waals surface area contributed by atoms with Crippen molar-refractivity contribution in [3.05, 3.63) is 12.7 Å². The van der Waals surface area contributed by atoms with Gasteiger partial charge in [-0.2, -0.15) is 24.7 Å². The van der Waals surface area contributed by atoms with Crippen LogP contribution in [0.2, 0.25) is 0 Å². The molecule has 2 aromatic heterocycles. The molecule has 1 fully saturated rings. The molecule has 0 unspecified atom stereocenters. The number of anilines is 2. The number of nitrogens with one attached hydrogen (secondary N) is 1. The molecule has 21 heavy (non-hydrogen) atoms. The van der Waals surface area contributed by atoms with Crippen LogP contribution in [0.25, 0.3) is 5.95 Å². The number of aliphatic hydroxyl groups is 1. The van der Waals surface area contributed by atoms with E-state index in [4.69, 9.17) is 5.84 Å². The van der Waals surface area contributed by atoms with Gasteiger partial charge in [0.05, 0.1) is 6.10 Å². The van der Waals surface area contributed by atoms with Crippen molar-refractivity contribution >= 4 is 11.9 Å². The average molecular weight is 291 g/mol. The first kappa shape index (κ1) is 13.6. The topological polar surface area (TPSA) is 131 Å². The zero-order valence-corrected chi connectivity index (χ0v) is 11.6. The fourth-order valence-corrected chi connectivity index (χ4v) is 2.32. The van der Waals surface area contributed by atoms with Gasteiger partial charge >= 0.3 is 0 Å². The van der Waals surface area contributed by atoms with Gasteiger partial charge in [0.25, 0.3) is 5.95 Å². The Morgan fingerprint density at radius 1 is 1.43 bits per heavy atom. The Balaban J connectivity index is 1.82. The molecule has 0 atom stereocenters. The van der Waals surface area contributed by atoms with Gasteiger partial charge in [0.1, 0.15) is 12.7 Å². The fraction of sp³-hybridized carbons (Fsp3) is 0.545. The normalized spacial score (nSPS) is 20.9. The summed E-state index contributed by atoms with van der Waals surface area (Å²) in [6.07, 6.45) is 4.36. The molecule has 0 aromatic carbocycles. The second-order valence-corrected chi connectivity index (χ2v) is 5.12. The van der Waals surface area contributed by atoms with Gasteiger partial charge in [-0.05, 0) is 18.8 Å². The van der Waals surface area contributed by atoms with Crippen LogP contribution >= 0.6 is 0 Å². The molecule has 0 radical (unpaired) electrons. The standard InChI is InChI=1S/C11H17N9O/c1-19(4-7-2-8(21)3-7)10-15-9(18-12)16-11(17-10)20-6-13-5-14-20/h5-8,21H,2-4,12H2,1H3,(H,15,16,17,18). The fourth-order valence-electron chi connectivity index (χ4n) is 2.32. The SMILES string of the molecule is CN(CC1CC(O)C1)c1nc(NN)nc(-n2cncn2)n1. The number of nitrogens with zero attached hydrogens (tertiary/aromatic N) is 7. The summed E-state index contributed by atoms with van der Waals surface area (Å²) in [6.45, 7) is 0.766. The monoisotopic (exact) mass is 291 g/mol. The summed E-state index contributed by atoms with van der Waals surface area (Å²) in [5.41, 5.74) is 2.42. The van der Waals surface area contributed by atoms with Crippen molar-refractivity contribution in [2.75, 3.05) is 23.9 Å². The Morgan fingerprint density at radius 3 is 2.86 bits per heavy atom. The van der Waals surface area contributed by atoms with Crippen molar-refractivity contribution in [3.63, 3.8) is 0 Å². The van der Waals surface area contributed by atoms with E-state index in [-0.39, 0.29) is 12.1 Å². The smallest absolute Gasteiger partial charge is 0.258 e. The number of hydrazine groups is 1. The lowest BCUT2D eigenvalue weighted by Gasteiger charge is -2.34. The van der Waals surface area contributed by atoms with Crippen molar-refractivity contribution in [1.82, 2.24) is 29.7 Å². The molecule has 0 spiro atoms. The van der Waals surface area contributed by atoms with E-state index < -0.39 is 0 Å². The van der Waals surface area contributed by atoms with Gasteiger partial charge in [0.2, 0.25) is 11.9 Å². The van der Waals surface area contributed by atoms with Gasteiger partial charge in [-0.25, -0.2) is 10.8 Å². The molecule has 0 aliphatic heterocycles. The Bertz CT molecular complexity index is 596. The number of nitrogens with two attached hydrogens (primary N) is 1. The maximum atomic E-state index is 9.35. The Labute approximate surface area is 121 Å². The predicted octanol–water partition coefficient (Wildman–Crippen LogP) is -1.05. The highest BCUT2D eigenvalue weighted by molar-refractivity contribution is 5.38. The predicted molar refractivity (Wildman–Crippen MR) is 74.6 cm³/mol. The van der Waals surface area contributed by atoms with E-state index in [9.17, 15) is 5.11 Å². The third kappa shape index (κ3) is 2.90. The van der Waals surface area contributed by atoms with Gasteiger partial charge in [-0.15, -0.1) is 0 Å². The van der Waals surface area contributed by atoms with Gasteiger partial charge in [0, 0.05) is 13.6 Å². The molecule has 1 aliphatic rings. The van der Waals surface area contributed by atoms with Crippen molar-refractivity contribution < 1.29 is 5.11 Å². The van der Waals surface area contributed by atoms with E-state index in [0.29, 0.717) is 17.8 Å². The largest absolute Gasteiger partial charge is 0.393 e. The van der Waals surface area contributed by atoms with Crippen LogP contribution in [0.5, 0.6) is 0 Å². The highest BCUT2D eigenvalue weighted by Gasteiger charge is 2.28. The summed E-state index contributed by atoms with van der Waals surface area (Å²) in [6, 6.07) is 0. The summed E-state index contributed by atoms with van der Waals surface area (Å²) in [7, 11) is 1.89. The minimum Gasteiger partial charge on any atom is -0.393 e. The number of aliphatic hydroxyl groups excluding tert-OH is 1. The first-order valence-corrected chi connectivity index (χ1v) is 6.62. The van der Waals surface area contributed by atoms with Crippen LogP contribution in [0.1, 0.15) is 12.8 Å². The Morgan fingerprint density at radius 2 is 2.24 bits per heavy atom. The molecule has 0 saturated heterocycles. The van der Waals surface area contributed by atoms with Crippen LogP contribution in [0.4, 0.5) is 11.9 Å². The molecule has 3 rings (SSSR count). The van der Waals surface area contributed by atoms with E-state index in [1.165, 1.54) is 17.3 Å². The van der Waals surface area contributed by atoms with Crippen molar-refractivity contribution in [3.8, 4) is 5.95 Å². The molecule has 4 N–H and O–H groups in total. The van der Waals surface area contributed by atoms with E-state index in [0.717, 1.165) is 19.4 Å². The van der Waals surface area contributed by atoms with Crippen LogP contribution in [0, 0.1) is 5.92 Å². The maximum Gasteiger partial charge on any atom is 0.258 e. The third-order valence-electron chi connectivity index (χ3n) is 3.45. The second kappa shape index (κ2) is 5.58. The molecule has 2 heterocycles. The van der Waals surface area contributed by atoms with Gasteiger partial charge in [0.15, 0.2) is 0 Å². The lowest BCUT2D eigenvalue weighted by atomic mass is 9.82. The molecule has 10 nitrogen and oxygen atoms in total. The van der Waals surface area contributed by atoms with E-state index >= 15 is 0 Å². The summed E-state index contributed by atoms with van der Waals surface area (Å²) in [5.74, 6) is 6.93. The molecule has 1 saturated carbocycles. The number of aromatic nitrogens is 6. The zero-order chi connectivity index (χ0) is 14.8. The minimum atomic E-state index is -0.172. The first-order valence-electron chi connectivity index (χ1n) is 6.62. The number of hydrogen-bond donors (Lipinski definition) is 3. The quantitative estimate of drug-likeness (QED) is 0.466. The van der Waals surface area contributed by atoms with Crippen LogP contribution in [-0.4, -0.2) is 54.5 Å². The van der Waals surface area contributed by atoms with E-state index in [2.05, 4.69) is 30.5 Å². The molecule has 0 amide bonds. The molecule has 1 aliphatic carbocycles. The molecule has 0 bridgehead atoms. The van der Waals surface area contributed by atoms with E-state index in [1.807, 2.05) is 11.9 Å². The molecular formula is C11H17N9O. The second-order valence-electron chi connectivity index (χ2n) is 5.12. The number of nitrogen functional groups attached to an aromatic ring is 1. The van der Waals surface area contributed by atoms with Crippen molar-refractivity contribution in [1.29, 1.82) is 0 Å². The van der Waals surface area contributed by atoms with Crippen LogP contribution in [0.3, 0.4) is 0 Å². The Hall–Kier alpha value is -2.33. The summed E-state index contributed by atoms with van der Waals surface area (Å²) < 4.78 is 1.44. The summed E-state index contributed by atoms with van der Waals surface area (Å²) in [4.78, 5) is 18.5. The summed E-state index contributed by atoms with van der Waals surface area (Å²) in [5, 5.41) is 13.3. The van der Waals surface area contributed by atoms with Crippen LogP contribution in [-0.2, 0) is 0 Å². The highest BCUT2D eigenvalue weighted by Crippen LogP contribution is 2.28. The highest BCUT2D eigenvalue weighted by atomic mass is 16.3. The maximum absolute atomic E-state index is 9.35. The average Bonchev–Trinajstić information content (AvgIpc) is 2.99. The molecule has 2 aromatic rings. The lowest BCUT2D eigenvalue weighted by molar-refractivity contribution is 0.0463. The molecular weight excluding hydrogens is 274 g/mol. The molecule has 10 heteroatoms. The first-order chi connectivity index (χ1) is 10.2. The Kier molecular flexibility index (Phi) is 3.62. The van der Waals surface area contributed by atoms with Crippen LogP contribution in [0.15, 0.2) is 12.7 Å². The lowest BCUT2D eigenvalue weighted by Crippen LogP contribution is -2.37. The third-order valence-corrected chi connectivity index (χ3v) is 3.45. The summed E-state index contributed by atoms with van der Waals surface area (Å²) >= 11 is 0. The van der Waals surface area contributed by atoms with Crippen LogP contribution < -0.4 is 16.2 Å². The van der Waals surface area contributed by atoms with Gasteiger partial charge in [-0.3, -0.25) is 5.43 Å². The minimum absolute atomic E-state index is 0.172. The zero-order valence-electron chi connectivity index (χ0n) is 11.6. The van der Waals surface area contributed by atoms with Gasteiger partial charge < -0.3 is 10.0 Å². The molecule has 112 valence electrons. The van der Waals surface area contributed by atoms with Crippen molar-refractivity contribution in [2.45, 2.75) is 18.9 Å². The van der Waals surface area contributed by atoms with E-state index in [1.54, 1.807) is 0 Å².